The van der Waals surface area contributed by atoms with E-state index in [1.165, 1.54) is 0 Å². The second-order valence-electron chi connectivity index (χ2n) is 6.34. The third-order valence-electron chi connectivity index (χ3n) is 4.49. The Hall–Kier alpha value is -2.83. The quantitative estimate of drug-likeness (QED) is 0.680. The highest BCUT2D eigenvalue weighted by Crippen LogP contribution is 2.44. The number of pyridine rings is 3. The molecule has 134 valence electrons. The van der Waals surface area contributed by atoms with Crippen molar-refractivity contribution < 1.29 is 14.9 Å². The number of ether oxygens (including phenoxy) is 1. The molecule has 6 nitrogen and oxygen atoms in total. The summed E-state index contributed by atoms with van der Waals surface area (Å²) in [7, 11) is 0. The van der Waals surface area contributed by atoms with Gasteiger partial charge in [-0.3, -0.25) is 15.0 Å². The SMILES string of the molecule is CC(COc1ccncc1)(C(O)c1ccncc1)C(O)c1ccncc1. The van der Waals surface area contributed by atoms with Gasteiger partial charge < -0.3 is 14.9 Å². The summed E-state index contributed by atoms with van der Waals surface area (Å²) in [4.78, 5) is 11.9. The highest BCUT2D eigenvalue weighted by Gasteiger charge is 2.42. The maximum Gasteiger partial charge on any atom is 0.122 e. The summed E-state index contributed by atoms with van der Waals surface area (Å²) in [6.07, 6.45) is 7.79. The summed E-state index contributed by atoms with van der Waals surface area (Å²) >= 11 is 0. The molecule has 0 radical (unpaired) electrons. The van der Waals surface area contributed by atoms with Crippen LogP contribution in [-0.2, 0) is 0 Å². The van der Waals surface area contributed by atoms with Crippen LogP contribution < -0.4 is 4.74 Å². The van der Waals surface area contributed by atoms with E-state index in [9.17, 15) is 10.2 Å². The Morgan fingerprint density at radius 1 is 0.769 bits per heavy atom. The minimum atomic E-state index is -1.01. The maximum atomic E-state index is 11.1. The molecular weight excluding hydrogens is 330 g/mol. The second kappa shape index (κ2) is 8.03. The molecule has 2 atom stereocenters. The molecule has 3 aromatic rings. The van der Waals surface area contributed by atoms with Crippen molar-refractivity contribution in [3.8, 4) is 5.75 Å². The van der Waals surface area contributed by atoms with E-state index in [0.29, 0.717) is 16.9 Å². The first-order chi connectivity index (χ1) is 12.6. The average molecular weight is 351 g/mol. The van der Waals surface area contributed by atoms with E-state index in [1.807, 2.05) is 0 Å². The van der Waals surface area contributed by atoms with Crippen molar-refractivity contribution in [2.75, 3.05) is 6.61 Å². The third kappa shape index (κ3) is 3.87. The van der Waals surface area contributed by atoms with E-state index in [1.54, 1.807) is 80.5 Å². The molecular formula is C20H21N3O3. The first-order valence-electron chi connectivity index (χ1n) is 8.30. The van der Waals surface area contributed by atoms with E-state index in [-0.39, 0.29) is 6.61 Å². The number of hydrogen-bond acceptors (Lipinski definition) is 6. The van der Waals surface area contributed by atoms with Crippen molar-refractivity contribution >= 4 is 0 Å². The summed E-state index contributed by atoms with van der Waals surface area (Å²) in [6.45, 7) is 1.90. The van der Waals surface area contributed by atoms with Crippen molar-refractivity contribution in [3.63, 3.8) is 0 Å². The molecule has 3 rings (SSSR count). The largest absolute Gasteiger partial charge is 0.493 e. The first-order valence-corrected chi connectivity index (χ1v) is 8.30. The van der Waals surface area contributed by atoms with Crippen LogP contribution in [0.15, 0.2) is 73.6 Å². The number of nitrogens with zero attached hydrogens (tertiary/aromatic N) is 3. The lowest BCUT2D eigenvalue weighted by Gasteiger charge is -2.38. The van der Waals surface area contributed by atoms with E-state index in [4.69, 9.17) is 4.74 Å². The predicted octanol–water partition coefficient (Wildman–Crippen LogP) is 2.72. The van der Waals surface area contributed by atoms with Crippen LogP contribution >= 0.6 is 0 Å². The highest BCUT2D eigenvalue weighted by molar-refractivity contribution is 5.23. The lowest BCUT2D eigenvalue weighted by Crippen LogP contribution is -2.38. The molecule has 2 N–H and O–H groups in total. The topological polar surface area (TPSA) is 88.4 Å². The molecule has 0 amide bonds. The van der Waals surface area contributed by atoms with Gasteiger partial charge in [0.25, 0.3) is 0 Å². The third-order valence-corrected chi connectivity index (χ3v) is 4.49. The molecule has 0 fully saturated rings. The minimum absolute atomic E-state index is 0.101. The molecule has 3 heterocycles. The van der Waals surface area contributed by atoms with Gasteiger partial charge in [-0.1, -0.05) is 6.92 Å². The van der Waals surface area contributed by atoms with Crippen molar-refractivity contribution in [2.24, 2.45) is 5.41 Å². The van der Waals surface area contributed by atoms with E-state index in [2.05, 4.69) is 15.0 Å². The van der Waals surface area contributed by atoms with Crippen LogP contribution in [0.25, 0.3) is 0 Å². The van der Waals surface area contributed by atoms with Gasteiger partial charge in [0.2, 0.25) is 0 Å². The molecule has 3 aromatic heterocycles. The minimum Gasteiger partial charge on any atom is -0.493 e. The Morgan fingerprint density at radius 3 is 1.58 bits per heavy atom. The highest BCUT2D eigenvalue weighted by atomic mass is 16.5. The van der Waals surface area contributed by atoms with Gasteiger partial charge in [-0.2, -0.15) is 0 Å². The lowest BCUT2D eigenvalue weighted by atomic mass is 9.74. The lowest BCUT2D eigenvalue weighted by molar-refractivity contribution is -0.0870. The summed E-state index contributed by atoms with van der Waals surface area (Å²) in [6, 6.07) is 10.4. The molecule has 0 aliphatic heterocycles. The number of aromatic nitrogens is 3. The molecule has 0 aliphatic carbocycles. The van der Waals surface area contributed by atoms with Crippen molar-refractivity contribution in [1.29, 1.82) is 0 Å². The molecule has 0 saturated heterocycles. The number of aliphatic hydroxyl groups excluding tert-OH is 2. The van der Waals surface area contributed by atoms with Crippen molar-refractivity contribution in [1.82, 2.24) is 15.0 Å². The zero-order valence-electron chi connectivity index (χ0n) is 14.4. The molecule has 26 heavy (non-hydrogen) atoms. The molecule has 0 aromatic carbocycles. The van der Waals surface area contributed by atoms with Crippen LogP contribution in [0, 0.1) is 5.41 Å². The maximum absolute atomic E-state index is 11.1. The van der Waals surface area contributed by atoms with E-state index >= 15 is 0 Å². The average Bonchev–Trinajstić information content (AvgIpc) is 2.73. The number of rotatable bonds is 7. The predicted molar refractivity (Wildman–Crippen MR) is 96.2 cm³/mol. The molecule has 2 unspecified atom stereocenters. The molecule has 0 spiro atoms. The van der Waals surface area contributed by atoms with Crippen LogP contribution in [-0.4, -0.2) is 31.8 Å². The van der Waals surface area contributed by atoms with E-state index in [0.717, 1.165) is 0 Å². The second-order valence-corrected chi connectivity index (χ2v) is 6.34. The van der Waals surface area contributed by atoms with Crippen LogP contribution in [0.5, 0.6) is 5.75 Å². The number of hydrogen-bond donors (Lipinski definition) is 2. The van der Waals surface area contributed by atoms with E-state index < -0.39 is 17.6 Å². The van der Waals surface area contributed by atoms with Gasteiger partial charge in [-0.15, -0.1) is 0 Å². The van der Waals surface area contributed by atoms with Gasteiger partial charge in [0.15, 0.2) is 0 Å². The molecule has 0 saturated carbocycles. The van der Waals surface area contributed by atoms with Gasteiger partial charge in [0.1, 0.15) is 5.75 Å². The van der Waals surface area contributed by atoms with Crippen molar-refractivity contribution in [2.45, 2.75) is 19.1 Å². The Labute approximate surface area is 152 Å². The zero-order valence-corrected chi connectivity index (χ0v) is 14.4. The summed E-state index contributed by atoms with van der Waals surface area (Å²) in [5.41, 5.74) is 0.314. The summed E-state index contributed by atoms with van der Waals surface area (Å²) < 4.78 is 5.87. The fraction of sp³-hybridized carbons (Fsp3) is 0.250. The normalized spacial score (nSPS) is 15.7. The summed E-state index contributed by atoms with van der Waals surface area (Å²) in [5.74, 6) is 0.620. The number of aliphatic hydroxyl groups is 2. The van der Waals surface area contributed by atoms with Gasteiger partial charge in [-0.05, 0) is 47.5 Å². The van der Waals surface area contributed by atoms with Crippen LogP contribution in [0.2, 0.25) is 0 Å². The molecule has 0 aliphatic rings. The smallest absolute Gasteiger partial charge is 0.122 e. The van der Waals surface area contributed by atoms with Gasteiger partial charge >= 0.3 is 0 Å². The Balaban J connectivity index is 1.92. The van der Waals surface area contributed by atoms with Gasteiger partial charge in [-0.25, -0.2) is 0 Å². The molecule has 6 heteroatoms. The summed E-state index contributed by atoms with van der Waals surface area (Å²) in [5, 5.41) is 22.1. The van der Waals surface area contributed by atoms with Crippen molar-refractivity contribution in [3.05, 3.63) is 84.7 Å². The van der Waals surface area contributed by atoms with Gasteiger partial charge in [0.05, 0.1) is 24.2 Å². The monoisotopic (exact) mass is 351 g/mol. The molecule has 0 bridgehead atoms. The fourth-order valence-electron chi connectivity index (χ4n) is 2.83. The van der Waals surface area contributed by atoms with Gasteiger partial charge in [0, 0.05) is 37.2 Å². The van der Waals surface area contributed by atoms with Crippen LogP contribution in [0.4, 0.5) is 0 Å². The standard InChI is InChI=1S/C20H21N3O3/c1-20(14-26-17-6-12-23-13-7-17,18(24)15-2-8-21-9-3-15)19(25)16-4-10-22-11-5-16/h2-13,18-19,24-25H,14H2,1H3. The first kappa shape index (κ1) is 18.0. The Kier molecular flexibility index (Phi) is 5.55. The van der Waals surface area contributed by atoms with Crippen LogP contribution in [0.3, 0.4) is 0 Å². The van der Waals surface area contributed by atoms with Crippen LogP contribution in [0.1, 0.15) is 30.3 Å². The Bertz CT molecular complexity index is 755. The fourth-order valence-corrected chi connectivity index (χ4v) is 2.83. The Morgan fingerprint density at radius 2 is 1.15 bits per heavy atom. The zero-order chi connectivity index (χ0) is 18.4.